The minimum absolute atomic E-state index is 0.143. The molecule has 166 valence electrons. The lowest BCUT2D eigenvalue weighted by atomic mass is 10.0. The summed E-state index contributed by atoms with van der Waals surface area (Å²) in [5, 5.41) is 5.89. The molecule has 1 atom stereocenters. The first kappa shape index (κ1) is 20.7. The van der Waals surface area contributed by atoms with Crippen LogP contribution in [0.15, 0.2) is 76.6 Å². The fourth-order valence-electron chi connectivity index (χ4n) is 3.88. The Hall–Kier alpha value is -4.20. The molecule has 0 spiro atoms. The SMILES string of the molecule is Cc1ccc(C2=NN(C(=O)COC(=O)c3cn4c(C)cccc4n3)C(c3ccco3)C2)cc1. The van der Waals surface area contributed by atoms with Crippen molar-refractivity contribution in [1.82, 2.24) is 14.4 Å². The van der Waals surface area contributed by atoms with E-state index in [0.29, 0.717) is 17.8 Å². The van der Waals surface area contributed by atoms with Crippen LogP contribution in [0, 0.1) is 13.8 Å². The highest BCUT2D eigenvalue weighted by molar-refractivity contribution is 6.03. The molecule has 0 bridgehead atoms. The Morgan fingerprint density at radius 1 is 1.09 bits per heavy atom. The second kappa shape index (κ2) is 8.38. The fourth-order valence-corrected chi connectivity index (χ4v) is 3.88. The zero-order chi connectivity index (χ0) is 22.9. The molecule has 0 N–H and O–H groups in total. The molecule has 0 fully saturated rings. The number of esters is 1. The van der Waals surface area contributed by atoms with Gasteiger partial charge in [0, 0.05) is 18.3 Å². The van der Waals surface area contributed by atoms with Crippen LogP contribution in [0.25, 0.3) is 5.65 Å². The van der Waals surface area contributed by atoms with Crippen molar-refractivity contribution < 1.29 is 18.7 Å². The number of hydrogen-bond acceptors (Lipinski definition) is 6. The van der Waals surface area contributed by atoms with Gasteiger partial charge in [-0.15, -0.1) is 0 Å². The quantitative estimate of drug-likeness (QED) is 0.435. The number of fused-ring (bicyclic) bond motifs is 1. The molecule has 1 aliphatic heterocycles. The van der Waals surface area contributed by atoms with Crippen LogP contribution in [0.1, 0.15) is 45.5 Å². The molecule has 4 aromatic rings. The van der Waals surface area contributed by atoms with E-state index in [1.54, 1.807) is 29.0 Å². The van der Waals surface area contributed by atoms with Crippen LogP contribution < -0.4 is 0 Å². The number of pyridine rings is 1. The molecule has 0 aliphatic carbocycles. The van der Waals surface area contributed by atoms with Crippen molar-refractivity contribution in [1.29, 1.82) is 0 Å². The van der Waals surface area contributed by atoms with Gasteiger partial charge in [-0.05, 0) is 43.7 Å². The minimum atomic E-state index is -0.664. The minimum Gasteiger partial charge on any atom is -0.467 e. The smallest absolute Gasteiger partial charge is 0.359 e. The second-order valence-corrected chi connectivity index (χ2v) is 7.98. The molecule has 1 aromatic carbocycles. The van der Waals surface area contributed by atoms with Crippen LogP contribution in [0.3, 0.4) is 0 Å². The summed E-state index contributed by atoms with van der Waals surface area (Å²) in [6, 6.07) is 16.7. The van der Waals surface area contributed by atoms with Crippen molar-refractivity contribution in [3.05, 3.63) is 95.3 Å². The number of aromatic nitrogens is 2. The van der Waals surface area contributed by atoms with Crippen molar-refractivity contribution in [2.75, 3.05) is 6.61 Å². The molecule has 4 heterocycles. The van der Waals surface area contributed by atoms with E-state index in [0.717, 1.165) is 22.5 Å². The summed E-state index contributed by atoms with van der Waals surface area (Å²) in [7, 11) is 0. The summed E-state index contributed by atoms with van der Waals surface area (Å²) in [5.74, 6) is -0.480. The van der Waals surface area contributed by atoms with Crippen molar-refractivity contribution >= 4 is 23.2 Å². The predicted molar refractivity (Wildman–Crippen MR) is 121 cm³/mol. The van der Waals surface area contributed by atoms with E-state index in [2.05, 4.69) is 10.1 Å². The summed E-state index contributed by atoms with van der Waals surface area (Å²) < 4.78 is 12.6. The summed E-state index contributed by atoms with van der Waals surface area (Å²) in [6.07, 6.45) is 3.67. The second-order valence-electron chi connectivity index (χ2n) is 7.98. The zero-order valence-corrected chi connectivity index (χ0v) is 18.3. The molecule has 3 aromatic heterocycles. The van der Waals surface area contributed by atoms with E-state index in [4.69, 9.17) is 9.15 Å². The number of amides is 1. The number of imidazole rings is 1. The number of nitrogens with zero attached hydrogens (tertiary/aromatic N) is 4. The fraction of sp³-hybridized carbons (Fsp3) is 0.200. The molecule has 8 heteroatoms. The van der Waals surface area contributed by atoms with Gasteiger partial charge in [0.25, 0.3) is 5.91 Å². The Bertz CT molecular complexity index is 1350. The maximum absolute atomic E-state index is 13.0. The molecular formula is C25H22N4O4. The van der Waals surface area contributed by atoms with Gasteiger partial charge >= 0.3 is 5.97 Å². The van der Waals surface area contributed by atoms with Crippen LogP contribution in [0.5, 0.6) is 0 Å². The van der Waals surface area contributed by atoms with E-state index in [1.807, 2.05) is 56.3 Å². The third kappa shape index (κ3) is 4.03. The monoisotopic (exact) mass is 442 g/mol. The lowest BCUT2D eigenvalue weighted by Gasteiger charge is -2.19. The van der Waals surface area contributed by atoms with E-state index in [1.165, 1.54) is 5.01 Å². The Kier molecular flexibility index (Phi) is 5.26. The predicted octanol–water partition coefficient (Wildman–Crippen LogP) is 4.08. The molecule has 1 unspecified atom stereocenters. The molecule has 8 nitrogen and oxygen atoms in total. The highest BCUT2D eigenvalue weighted by Gasteiger charge is 2.35. The van der Waals surface area contributed by atoms with E-state index in [-0.39, 0.29) is 5.69 Å². The molecule has 0 radical (unpaired) electrons. The highest BCUT2D eigenvalue weighted by atomic mass is 16.5. The van der Waals surface area contributed by atoms with Crippen LogP contribution in [0.4, 0.5) is 0 Å². The van der Waals surface area contributed by atoms with Crippen molar-refractivity contribution in [2.45, 2.75) is 26.3 Å². The molecule has 33 heavy (non-hydrogen) atoms. The van der Waals surface area contributed by atoms with Gasteiger partial charge in [-0.2, -0.15) is 5.10 Å². The van der Waals surface area contributed by atoms with Crippen LogP contribution in [-0.4, -0.2) is 38.6 Å². The molecule has 1 amide bonds. The van der Waals surface area contributed by atoms with Gasteiger partial charge in [0.2, 0.25) is 0 Å². The van der Waals surface area contributed by atoms with Gasteiger partial charge in [0.15, 0.2) is 12.3 Å². The first-order valence-corrected chi connectivity index (χ1v) is 10.6. The van der Waals surface area contributed by atoms with Gasteiger partial charge in [-0.1, -0.05) is 35.9 Å². The molecular weight excluding hydrogens is 420 g/mol. The average molecular weight is 442 g/mol. The van der Waals surface area contributed by atoms with Crippen LogP contribution >= 0.6 is 0 Å². The van der Waals surface area contributed by atoms with E-state index < -0.39 is 24.5 Å². The van der Waals surface area contributed by atoms with Crippen molar-refractivity contribution in [3.8, 4) is 0 Å². The summed E-state index contributed by atoms with van der Waals surface area (Å²) in [6.45, 7) is 3.48. The Morgan fingerprint density at radius 3 is 2.64 bits per heavy atom. The number of carbonyl (C=O) groups excluding carboxylic acids is 2. The molecule has 1 aliphatic rings. The largest absolute Gasteiger partial charge is 0.467 e. The Morgan fingerprint density at radius 2 is 1.91 bits per heavy atom. The van der Waals surface area contributed by atoms with Gasteiger partial charge in [-0.3, -0.25) is 4.79 Å². The van der Waals surface area contributed by atoms with Crippen LogP contribution in [0.2, 0.25) is 0 Å². The number of carbonyl (C=O) groups is 2. The number of benzene rings is 1. The van der Waals surface area contributed by atoms with E-state index >= 15 is 0 Å². The van der Waals surface area contributed by atoms with Gasteiger partial charge in [-0.25, -0.2) is 14.8 Å². The Balaban J connectivity index is 1.34. The molecule has 0 saturated carbocycles. The van der Waals surface area contributed by atoms with Crippen molar-refractivity contribution in [3.63, 3.8) is 0 Å². The average Bonchev–Trinajstić information content (AvgIpc) is 3.57. The normalized spacial score (nSPS) is 15.6. The number of ether oxygens (including phenoxy) is 1. The van der Waals surface area contributed by atoms with Gasteiger partial charge in [0.1, 0.15) is 17.4 Å². The molecule has 0 saturated heterocycles. The third-order valence-corrected chi connectivity index (χ3v) is 5.65. The molecule has 5 rings (SSSR count). The number of aryl methyl sites for hydroxylation is 2. The lowest BCUT2D eigenvalue weighted by molar-refractivity contribution is -0.136. The number of rotatable bonds is 5. The summed E-state index contributed by atoms with van der Waals surface area (Å²) in [4.78, 5) is 29.9. The Labute approximate surface area is 190 Å². The highest BCUT2D eigenvalue weighted by Crippen LogP contribution is 2.33. The number of hydrazone groups is 1. The topological polar surface area (TPSA) is 89.4 Å². The van der Waals surface area contributed by atoms with E-state index in [9.17, 15) is 9.59 Å². The maximum Gasteiger partial charge on any atom is 0.359 e. The number of furan rings is 1. The lowest BCUT2D eigenvalue weighted by Crippen LogP contribution is -2.31. The third-order valence-electron chi connectivity index (χ3n) is 5.65. The zero-order valence-electron chi connectivity index (χ0n) is 18.3. The number of hydrogen-bond donors (Lipinski definition) is 0. The van der Waals surface area contributed by atoms with Crippen molar-refractivity contribution in [2.24, 2.45) is 5.10 Å². The van der Waals surface area contributed by atoms with Gasteiger partial charge in [0.05, 0.1) is 12.0 Å². The van der Waals surface area contributed by atoms with Gasteiger partial charge < -0.3 is 13.6 Å². The first-order valence-electron chi connectivity index (χ1n) is 10.6. The summed E-state index contributed by atoms with van der Waals surface area (Å²) >= 11 is 0. The maximum atomic E-state index is 13.0. The standard InChI is InChI=1S/C25H22N4O4/c1-16-8-10-18(11-9-16)19-13-21(22-6-4-12-32-22)29(27-19)24(30)15-33-25(31)20-14-28-17(2)5-3-7-23(28)26-20/h3-12,14,21H,13,15H2,1-2H3. The summed E-state index contributed by atoms with van der Waals surface area (Å²) in [5.41, 5.74) is 4.56. The van der Waals surface area contributed by atoms with Crippen LogP contribution in [-0.2, 0) is 9.53 Å². The first-order chi connectivity index (χ1) is 16.0.